The molecule has 3 aromatic rings. The van der Waals surface area contributed by atoms with Gasteiger partial charge in [0.25, 0.3) is 0 Å². The summed E-state index contributed by atoms with van der Waals surface area (Å²) in [5.74, 6) is 0.818. The number of nitrogens with one attached hydrogen (secondary N) is 1. The molecule has 0 radical (unpaired) electrons. The summed E-state index contributed by atoms with van der Waals surface area (Å²) in [4.78, 5) is 11.9. The van der Waals surface area contributed by atoms with E-state index in [0.29, 0.717) is 13.0 Å². The van der Waals surface area contributed by atoms with E-state index in [1.54, 1.807) is 6.26 Å². The zero-order chi connectivity index (χ0) is 15.4. The van der Waals surface area contributed by atoms with Crippen molar-refractivity contribution in [3.05, 3.63) is 60.2 Å². The van der Waals surface area contributed by atoms with Crippen LogP contribution in [0.25, 0.3) is 10.9 Å². The molecule has 0 aliphatic carbocycles. The first-order valence-electron chi connectivity index (χ1n) is 7.63. The molecule has 114 valence electrons. The highest BCUT2D eigenvalue weighted by molar-refractivity contribution is 5.81. The Morgan fingerprint density at radius 2 is 2.18 bits per heavy atom. The second-order valence-electron chi connectivity index (χ2n) is 5.35. The van der Waals surface area contributed by atoms with Crippen LogP contribution in [-0.2, 0) is 24.3 Å². The van der Waals surface area contributed by atoms with Gasteiger partial charge in [-0.15, -0.1) is 0 Å². The van der Waals surface area contributed by atoms with E-state index in [9.17, 15) is 4.79 Å². The van der Waals surface area contributed by atoms with Gasteiger partial charge in [0, 0.05) is 24.7 Å². The Labute approximate surface area is 129 Å². The molecular formula is C18H20N2O2. The molecule has 2 heterocycles. The fourth-order valence-electron chi connectivity index (χ4n) is 2.63. The molecule has 0 atom stereocenters. The maximum absolute atomic E-state index is 11.9. The zero-order valence-electron chi connectivity index (χ0n) is 12.7. The average molecular weight is 296 g/mol. The van der Waals surface area contributed by atoms with Crippen LogP contribution in [0.5, 0.6) is 0 Å². The highest BCUT2D eigenvalue weighted by atomic mass is 16.3. The third-order valence-electron chi connectivity index (χ3n) is 3.86. The highest BCUT2D eigenvalue weighted by Crippen LogP contribution is 2.18. The van der Waals surface area contributed by atoms with Gasteiger partial charge in [-0.1, -0.05) is 6.07 Å². The van der Waals surface area contributed by atoms with Crippen LogP contribution in [-0.4, -0.2) is 10.5 Å². The van der Waals surface area contributed by atoms with Gasteiger partial charge in [-0.05, 0) is 54.6 Å². The number of benzene rings is 1. The average Bonchev–Trinajstić information content (AvgIpc) is 3.19. The molecule has 0 spiro atoms. The number of rotatable bonds is 6. The van der Waals surface area contributed by atoms with Crippen molar-refractivity contribution >= 4 is 16.8 Å². The number of carbonyl (C=O) groups excluding carboxylic acids is 1. The zero-order valence-corrected chi connectivity index (χ0v) is 12.7. The Bertz CT molecular complexity index is 757. The molecule has 1 N–H and O–H groups in total. The van der Waals surface area contributed by atoms with Crippen molar-refractivity contribution in [2.45, 2.75) is 32.9 Å². The smallest absolute Gasteiger partial charge is 0.220 e. The third kappa shape index (κ3) is 3.22. The number of fused-ring (bicyclic) bond motifs is 1. The van der Waals surface area contributed by atoms with Crippen molar-refractivity contribution < 1.29 is 9.21 Å². The number of nitrogens with zero attached hydrogens (tertiary/aromatic N) is 1. The van der Waals surface area contributed by atoms with Gasteiger partial charge in [0.15, 0.2) is 0 Å². The predicted molar refractivity (Wildman–Crippen MR) is 86.5 cm³/mol. The number of aromatic nitrogens is 1. The van der Waals surface area contributed by atoms with Crippen molar-refractivity contribution in [3.63, 3.8) is 0 Å². The molecule has 0 unspecified atom stereocenters. The van der Waals surface area contributed by atoms with E-state index in [4.69, 9.17) is 4.42 Å². The van der Waals surface area contributed by atoms with E-state index >= 15 is 0 Å². The van der Waals surface area contributed by atoms with E-state index in [1.807, 2.05) is 12.1 Å². The Morgan fingerprint density at radius 1 is 1.27 bits per heavy atom. The molecule has 3 rings (SSSR count). The molecule has 0 aliphatic heterocycles. The Kier molecular flexibility index (Phi) is 4.28. The van der Waals surface area contributed by atoms with Gasteiger partial charge in [0.2, 0.25) is 5.91 Å². The third-order valence-corrected chi connectivity index (χ3v) is 3.86. The lowest BCUT2D eigenvalue weighted by molar-refractivity contribution is -0.121. The minimum absolute atomic E-state index is 0.0441. The van der Waals surface area contributed by atoms with Crippen LogP contribution < -0.4 is 5.32 Å². The minimum atomic E-state index is 0.0441. The van der Waals surface area contributed by atoms with Crippen LogP contribution in [0.15, 0.2) is 53.3 Å². The van der Waals surface area contributed by atoms with Crippen molar-refractivity contribution in [2.24, 2.45) is 0 Å². The summed E-state index contributed by atoms with van der Waals surface area (Å²) in [5.41, 5.74) is 2.43. The van der Waals surface area contributed by atoms with Gasteiger partial charge >= 0.3 is 0 Å². The van der Waals surface area contributed by atoms with Crippen LogP contribution in [0.2, 0.25) is 0 Å². The number of hydrogen-bond donors (Lipinski definition) is 1. The maximum atomic E-state index is 11.9. The molecule has 1 aromatic carbocycles. The minimum Gasteiger partial charge on any atom is -0.467 e. The topological polar surface area (TPSA) is 47.2 Å². The van der Waals surface area contributed by atoms with E-state index in [-0.39, 0.29) is 5.91 Å². The van der Waals surface area contributed by atoms with E-state index in [2.05, 4.69) is 47.3 Å². The number of amides is 1. The molecular weight excluding hydrogens is 276 g/mol. The molecule has 2 aromatic heterocycles. The lowest BCUT2D eigenvalue weighted by atomic mass is 10.1. The SMILES string of the molecule is CCn1ccc2cc(CCC(=O)NCc3ccco3)ccc21. The first-order valence-corrected chi connectivity index (χ1v) is 7.63. The van der Waals surface area contributed by atoms with Crippen molar-refractivity contribution in [3.8, 4) is 0 Å². The monoisotopic (exact) mass is 296 g/mol. The van der Waals surface area contributed by atoms with Gasteiger partial charge in [-0.25, -0.2) is 0 Å². The molecule has 0 saturated carbocycles. The lowest BCUT2D eigenvalue weighted by Crippen LogP contribution is -2.22. The molecule has 4 nitrogen and oxygen atoms in total. The molecule has 0 fully saturated rings. The fourth-order valence-corrected chi connectivity index (χ4v) is 2.63. The maximum Gasteiger partial charge on any atom is 0.220 e. The predicted octanol–water partition coefficient (Wildman–Crippen LogP) is 3.50. The second-order valence-corrected chi connectivity index (χ2v) is 5.35. The summed E-state index contributed by atoms with van der Waals surface area (Å²) in [5, 5.41) is 4.10. The van der Waals surface area contributed by atoms with E-state index in [1.165, 1.54) is 16.5 Å². The second kappa shape index (κ2) is 6.52. The van der Waals surface area contributed by atoms with Gasteiger partial charge in [-0.2, -0.15) is 0 Å². The first-order chi connectivity index (χ1) is 10.8. The number of furan rings is 1. The van der Waals surface area contributed by atoms with Crippen LogP contribution in [0, 0.1) is 0 Å². The summed E-state index contributed by atoms with van der Waals surface area (Å²) >= 11 is 0. The number of hydrogen-bond acceptors (Lipinski definition) is 2. The van der Waals surface area contributed by atoms with Crippen LogP contribution in [0.4, 0.5) is 0 Å². The van der Waals surface area contributed by atoms with Crippen molar-refractivity contribution in [1.29, 1.82) is 0 Å². The van der Waals surface area contributed by atoms with Gasteiger partial charge in [0.05, 0.1) is 12.8 Å². The normalized spacial score (nSPS) is 11.0. The Hall–Kier alpha value is -2.49. The molecule has 1 amide bonds. The summed E-state index contributed by atoms with van der Waals surface area (Å²) < 4.78 is 7.41. The molecule has 0 aliphatic rings. The quantitative estimate of drug-likeness (QED) is 0.756. The van der Waals surface area contributed by atoms with Gasteiger partial charge in [0.1, 0.15) is 5.76 Å². The standard InChI is InChI=1S/C18H20N2O2/c1-2-20-10-9-15-12-14(5-7-17(15)20)6-8-18(21)19-13-16-4-3-11-22-16/h3-5,7,9-12H,2,6,8,13H2,1H3,(H,19,21). The van der Waals surface area contributed by atoms with Crippen molar-refractivity contribution in [1.82, 2.24) is 9.88 Å². The lowest BCUT2D eigenvalue weighted by Gasteiger charge is -2.05. The first kappa shape index (κ1) is 14.4. The van der Waals surface area contributed by atoms with Gasteiger partial charge < -0.3 is 14.3 Å². The summed E-state index contributed by atoms with van der Waals surface area (Å²) in [7, 11) is 0. The Balaban J connectivity index is 1.55. The molecule has 22 heavy (non-hydrogen) atoms. The Morgan fingerprint density at radius 3 is 2.95 bits per heavy atom. The highest BCUT2D eigenvalue weighted by Gasteiger charge is 2.05. The molecule has 0 bridgehead atoms. The van der Waals surface area contributed by atoms with E-state index < -0.39 is 0 Å². The fraction of sp³-hybridized carbons (Fsp3) is 0.278. The summed E-state index contributed by atoms with van der Waals surface area (Å²) in [6.45, 7) is 3.55. The van der Waals surface area contributed by atoms with E-state index in [0.717, 1.165) is 18.7 Å². The number of aryl methyl sites for hydroxylation is 2. The van der Waals surface area contributed by atoms with Crippen LogP contribution in [0.1, 0.15) is 24.7 Å². The summed E-state index contributed by atoms with van der Waals surface area (Å²) in [6.07, 6.45) is 4.95. The number of carbonyl (C=O) groups is 1. The summed E-state index contributed by atoms with van der Waals surface area (Å²) in [6, 6.07) is 12.2. The van der Waals surface area contributed by atoms with Crippen LogP contribution >= 0.6 is 0 Å². The van der Waals surface area contributed by atoms with Gasteiger partial charge in [-0.3, -0.25) is 4.79 Å². The molecule has 0 saturated heterocycles. The van der Waals surface area contributed by atoms with Crippen molar-refractivity contribution in [2.75, 3.05) is 0 Å². The largest absolute Gasteiger partial charge is 0.467 e. The molecule has 4 heteroatoms. The van der Waals surface area contributed by atoms with Crippen LogP contribution in [0.3, 0.4) is 0 Å².